The number of nitrogens with zero attached hydrogens (tertiary/aromatic N) is 1. The van der Waals surface area contributed by atoms with E-state index in [9.17, 15) is 14.4 Å². The number of rotatable bonds is 5. The van der Waals surface area contributed by atoms with Crippen molar-refractivity contribution in [3.05, 3.63) is 97.9 Å². The van der Waals surface area contributed by atoms with Gasteiger partial charge in [-0.05, 0) is 54.6 Å². The van der Waals surface area contributed by atoms with Gasteiger partial charge in [-0.25, -0.2) is 9.69 Å². The minimum atomic E-state index is -0.839. The fourth-order valence-electron chi connectivity index (χ4n) is 3.17. The Hall–Kier alpha value is -3.13. The molecule has 33 heavy (non-hydrogen) atoms. The van der Waals surface area contributed by atoms with Gasteiger partial charge in [-0.3, -0.25) is 14.9 Å². The second-order valence-corrected chi connectivity index (χ2v) is 8.76. The summed E-state index contributed by atoms with van der Waals surface area (Å²) in [7, 11) is 0. The zero-order chi connectivity index (χ0) is 23.5. The molecule has 0 atom stereocenters. The number of urea groups is 1. The molecule has 1 aliphatic rings. The molecular weight excluding hydrogens is 531 g/mol. The molecule has 4 amide bonds. The summed E-state index contributed by atoms with van der Waals surface area (Å²) >= 11 is 15.5. The van der Waals surface area contributed by atoms with E-state index < -0.39 is 17.8 Å². The summed E-state index contributed by atoms with van der Waals surface area (Å²) in [6.07, 6.45) is 1.39. The van der Waals surface area contributed by atoms with E-state index in [1.807, 2.05) is 18.2 Å². The van der Waals surface area contributed by atoms with Gasteiger partial charge in [-0.15, -0.1) is 0 Å². The summed E-state index contributed by atoms with van der Waals surface area (Å²) < 4.78 is 6.65. The number of amides is 4. The maximum Gasteiger partial charge on any atom is 0.335 e. The Bertz CT molecular complexity index is 1290. The van der Waals surface area contributed by atoms with Gasteiger partial charge in [-0.1, -0.05) is 57.3 Å². The van der Waals surface area contributed by atoms with Crippen LogP contribution < -0.4 is 15.0 Å². The van der Waals surface area contributed by atoms with Crippen LogP contribution in [0.5, 0.6) is 5.75 Å². The van der Waals surface area contributed by atoms with Crippen molar-refractivity contribution in [2.24, 2.45) is 0 Å². The third kappa shape index (κ3) is 5.11. The lowest BCUT2D eigenvalue weighted by Crippen LogP contribution is -2.54. The first-order valence-corrected chi connectivity index (χ1v) is 11.2. The number of carbonyl (C=O) groups excluding carboxylic acids is 3. The maximum absolute atomic E-state index is 13.1. The molecule has 166 valence electrons. The number of hydrogen-bond acceptors (Lipinski definition) is 4. The Morgan fingerprint density at radius 2 is 1.70 bits per heavy atom. The van der Waals surface area contributed by atoms with Crippen molar-refractivity contribution >= 4 is 68.7 Å². The smallest absolute Gasteiger partial charge is 0.335 e. The molecule has 0 aromatic heterocycles. The molecule has 1 saturated heterocycles. The lowest BCUT2D eigenvalue weighted by atomic mass is 10.1. The molecule has 0 aliphatic carbocycles. The summed E-state index contributed by atoms with van der Waals surface area (Å²) in [5.41, 5.74) is 1.32. The minimum Gasteiger partial charge on any atom is -0.488 e. The number of ether oxygens (including phenoxy) is 1. The molecule has 1 N–H and O–H groups in total. The van der Waals surface area contributed by atoms with Crippen LogP contribution in [0.4, 0.5) is 10.5 Å². The highest BCUT2D eigenvalue weighted by atomic mass is 79.9. The highest BCUT2D eigenvalue weighted by Gasteiger charge is 2.37. The Labute approximate surface area is 207 Å². The van der Waals surface area contributed by atoms with Crippen molar-refractivity contribution in [2.75, 3.05) is 4.90 Å². The Balaban J connectivity index is 1.68. The van der Waals surface area contributed by atoms with Crippen LogP contribution in [-0.4, -0.2) is 17.8 Å². The van der Waals surface area contributed by atoms with Crippen LogP contribution in [-0.2, 0) is 16.2 Å². The molecule has 0 radical (unpaired) electrons. The average molecular weight is 546 g/mol. The van der Waals surface area contributed by atoms with Gasteiger partial charge in [0.1, 0.15) is 17.9 Å². The van der Waals surface area contributed by atoms with E-state index in [0.29, 0.717) is 25.8 Å². The van der Waals surface area contributed by atoms with Crippen molar-refractivity contribution in [2.45, 2.75) is 6.61 Å². The van der Waals surface area contributed by atoms with Gasteiger partial charge < -0.3 is 4.74 Å². The van der Waals surface area contributed by atoms with Crippen LogP contribution in [0.2, 0.25) is 10.0 Å². The third-order valence-electron chi connectivity index (χ3n) is 4.80. The topological polar surface area (TPSA) is 75.7 Å². The molecule has 1 aliphatic heterocycles. The van der Waals surface area contributed by atoms with E-state index in [2.05, 4.69) is 21.2 Å². The molecule has 0 saturated carbocycles. The van der Waals surface area contributed by atoms with E-state index >= 15 is 0 Å². The van der Waals surface area contributed by atoms with Crippen LogP contribution in [0.3, 0.4) is 0 Å². The second-order valence-electron chi connectivity index (χ2n) is 7.00. The number of anilines is 1. The fourth-order valence-corrected chi connectivity index (χ4v) is 3.87. The minimum absolute atomic E-state index is 0.188. The lowest BCUT2D eigenvalue weighted by molar-refractivity contribution is -0.122. The number of halogens is 3. The van der Waals surface area contributed by atoms with Crippen molar-refractivity contribution in [1.29, 1.82) is 0 Å². The van der Waals surface area contributed by atoms with Crippen LogP contribution in [0.1, 0.15) is 11.1 Å². The first-order chi connectivity index (χ1) is 15.8. The largest absolute Gasteiger partial charge is 0.488 e. The molecule has 4 rings (SSSR count). The number of nitrogens with one attached hydrogen (secondary N) is 1. The summed E-state index contributed by atoms with van der Waals surface area (Å²) in [5.74, 6) is -1.13. The zero-order valence-corrected chi connectivity index (χ0v) is 19.9. The van der Waals surface area contributed by atoms with Crippen molar-refractivity contribution in [3.63, 3.8) is 0 Å². The normalized spacial score (nSPS) is 15.1. The fraction of sp³-hybridized carbons (Fsp3) is 0.0417. The molecule has 0 bridgehead atoms. The molecule has 1 heterocycles. The van der Waals surface area contributed by atoms with Crippen LogP contribution >= 0.6 is 39.1 Å². The van der Waals surface area contributed by atoms with Gasteiger partial charge in [0, 0.05) is 25.6 Å². The summed E-state index contributed by atoms with van der Waals surface area (Å²) in [4.78, 5) is 38.9. The van der Waals surface area contributed by atoms with Gasteiger partial charge in [0.25, 0.3) is 11.8 Å². The molecule has 6 nitrogen and oxygen atoms in total. The summed E-state index contributed by atoms with van der Waals surface area (Å²) in [6, 6.07) is 17.8. The molecule has 9 heteroatoms. The SMILES string of the molecule is O=C1NC(=O)N(c2ccc(Cl)cc2)C(=O)/C1=C/c1cc(Br)ccc1OCc1ccccc1Cl. The van der Waals surface area contributed by atoms with Crippen molar-refractivity contribution < 1.29 is 19.1 Å². The maximum atomic E-state index is 13.1. The standard InChI is InChI=1S/C24H15BrCl2N2O4/c25-16-5-10-21(33-13-14-3-1-2-4-20(14)27)15(11-16)12-19-22(30)28-24(32)29(23(19)31)18-8-6-17(26)7-9-18/h1-12H,13H2,(H,28,30,32)/b19-12+. The number of barbiturate groups is 1. The van der Waals surface area contributed by atoms with Crippen LogP contribution in [0.15, 0.2) is 76.8 Å². The number of carbonyl (C=O) groups is 3. The molecule has 0 unspecified atom stereocenters. The van der Waals surface area contributed by atoms with Crippen molar-refractivity contribution in [3.8, 4) is 5.75 Å². The molecule has 0 spiro atoms. The van der Waals surface area contributed by atoms with E-state index in [4.69, 9.17) is 27.9 Å². The number of benzene rings is 3. The van der Waals surface area contributed by atoms with E-state index in [-0.39, 0.29) is 17.9 Å². The average Bonchev–Trinajstić information content (AvgIpc) is 2.78. The second kappa shape index (κ2) is 9.79. The predicted octanol–water partition coefficient (Wildman–Crippen LogP) is 6.00. The molecule has 3 aromatic carbocycles. The lowest BCUT2D eigenvalue weighted by Gasteiger charge is -2.26. The highest BCUT2D eigenvalue weighted by molar-refractivity contribution is 9.10. The van der Waals surface area contributed by atoms with Gasteiger partial charge in [0.15, 0.2) is 0 Å². The van der Waals surface area contributed by atoms with Crippen LogP contribution in [0, 0.1) is 0 Å². The third-order valence-corrected chi connectivity index (χ3v) is 5.91. The Kier molecular flexibility index (Phi) is 6.83. The first-order valence-electron chi connectivity index (χ1n) is 9.66. The van der Waals surface area contributed by atoms with Gasteiger partial charge >= 0.3 is 6.03 Å². The molecule has 3 aromatic rings. The zero-order valence-electron chi connectivity index (χ0n) is 16.8. The molecular formula is C24H15BrCl2N2O4. The monoisotopic (exact) mass is 544 g/mol. The number of imide groups is 2. The summed E-state index contributed by atoms with van der Waals surface area (Å²) in [6.45, 7) is 0.188. The Morgan fingerprint density at radius 1 is 0.970 bits per heavy atom. The van der Waals surface area contributed by atoms with E-state index in [1.165, 1.54) is 18.2 Å². The van der Waals surface area contributed by atoms with E-state index in [1.54, 1.807) is 36.4 Å². The number of hydrogen-bond donors (Lipinski definition) is 1. The Morgan fingerprint density at radius 3 is 2.42 bits per heavy atom. The van der Waals surface area contributed by atoms with Gasteiger partial charge in [-0.2, -0.15) is 0 Å². The van der Waals surface area contributed by atoms with Gasteiger partial charge in [0.2, 0.25) is 0 Å². The highest BCUT2D eigenvalue weighted by Crippen LogP contribution is 2.29. The van der Waals surface area contributed by atoms with E-state index in [0.717, 1.165) is 10.5 Å². The molecule has 1 fully saturated rings. The summed E-state index contributed by atoms with van der Waals surface area (Å²) in [5, 5.41) is 3.21. The van der Waals surface area contributed by atoms with Crippen LogP contribution in [0.25, 0.3) is 6.08 Å². The van der Waals surface area contributed by atoms with Gasteiger partial charge in [0.05, 0.1) is 5.69 Å². The predicted molar refractivity (Wildman–Crippen MR) is 130 cm³/mol. The van der Waals surface area contributed by atoms with Crippen molar-refractivity contribution in [1.82, 2.24) is 5.32 Å². The quantitative estimate of drug-likeness (QED) is 0.315. The first kappa shape index (κ1) is 23.0.